The summed E-state index contributed by atoms with van der Waals surface area (Å²) in [6.45, 7) is 0. The molecular formula is C6H3F3O2S2. The van der Waals surface area contributed by atoms with E-state index in [1.807, 2.05) is 0 Å². The van der Waals surface area contributed by atoms with Crippen LogP contribution in [0.4, 0.5) is 13.2 Å². The molecule has 0 aliphatic heterocycles. The van der Waals surface area contributed by atoms with Gasteiger partial charge in [0.25, 0.3) is 0 Å². The number of hydrogen-bond donors (Lipinski definition) is 1. The summed E-state index contributed by atoms with van der Waals surface area (Å²) in [5.41, 5.74) is -4.36. The molecule has 0 aromatic carbocycles. The number of halogens is 3. The van der Waals surface area contributed by atoms with Gasteiger partial charge >= 0.3 is 11.5 Å². The van der Waals surface area contributed by atoms with Crippen LogP contribution in [0.2, 0.25) is 0 Å². The lowest BCUT2D eigenvalue weighted by molar-refractivity contribution is -0.0327. The zero-order valence-electron chi connectivity index (χ0n) is 5.96. The van der Waals surface area contributed by atoms with E-state index in [1.54, 1.807) is 0 Å². The van der Waals surface area contributed by atoms with Gasteiger partial charge in [-0.15, -0.1) is 11.3 Å². The second kappa shape index (κ2) is 3.59. The van der Waals surface area contributed by atoms with Gasteiger partial charge in [-0.25, -0.2) is 4.79 Å². The highest BCUT2D eigenvalue weighted by Gasteiger charge is 2.30. The van der Waals surface area contributed by atoms with Gasteiger partial charge in [-0.1, -0.05) is 0 Å². The van der Waals surface area contributed by atoms with Gasteiger partial charge in [0.2, 0.25) is 0 Å². The van der Waals surface area contributed by atoms with Crippen molar-refractivity contribution in [3.05, 3.63) is 17.0 Å². The summed E-state index contributed by atoms with van der Waals surface area (Å²) in [7, 11) is 0. The lowest BCUT2D eigenvalue weighted by atomic mass is 10.5. The fraction of sp³-hybridized carbons (Fsp3) is 0.167. The summed E-state index contributed by atoms with van der Waals surface area (Å²) in [6, 6.07) is 2.30. The van der Waals surface area contributed by atoms with E-state index in [2.05, 4.69) is 0 Å². The Morgan fingerprint density at radius 3 is 2.46 bits per heavy atom. The number of carbonyl (C=O) groups is 1. The Labute approximate surface area is 79.4 Å². The van der Waals surface area contributed by atoms with Crippen molar-refractivity contribution in [1.82, 2.24) is 0 Å². The Kier molecular flexibility index (Phi) is 2.87. The topological polar surface area (TPSA) is 37.3 Å². The summed E-state index contributed by atoms with van der Waals surface area (Å²) >= 11 is 0.305. The summed E-state index contributed by atoms with van der Waals surface area (Å²) < 4.78 is 35.3. The number of hydrogen-bond acceptors (Lipinski definition) is 3. The number of carboxylic acid groups (broad SMARTS) is 1. The number of carboxylic acids is 1. The van der Waals surface area contributed by atoms with Crippen LogP contribution in [0.5, 0.6) is 0 Å². The van der Waals surface area contributed by atoms with Crippen LogP contribution in [0.1, 0.15) is 9.67 Å². The number of thiophene rings is 1. The van der Waals surface area contributed by atoms with Gasteiger partial charge in [0.15, 0.2) is 0 Å². The normalized spacial score (nSPS) is 11.6. The van der Waals surface area contributed by atoms with Crippen LogP contribution in [-0.2, 0) is 0 Å². The number of alkyl halides is 3. The minimum Gasteiger partial charge on any atom is -0.477 e. The third-order valence-electron chi connectivity index (χ3n) is 1.01. The molecule has 0 unspecified atom stereocenters. The molecule has 0 aliphatic rings. The van der Waals surface area contributed by atoms with Crippen LogP contribution >= 0.6 is 23.1 Å². The Hall–Kier alpha value is -0.690. The molecule has 1 rings (SSSR count). The number of thioether (sulfide) groups is 1. The van der Waals surface area contributed by atoms with Crippen LogP contribution in [0.15, 0.2) is 16.3 Å². The molecule has 1 aromatic rings. The predicted molar refractivity (Wildman–Crippen MR) is 43.2 cm³/mol. The molecule has 72 valence electrons. The van der Waals surface area contributed by atoms with E-state index in [-0.39, 0.29) is 20.8 Å². The molecule has 0 amide bonds. The first kappa shape index (κ1) is 10.4. The van der Waals surface area contributed by atoms with E-state index in [0.717, 1.165) is 12.1 Å². The Morgan fingerprint density at radius 2 is 2.08 bits per heavy atom. The van der Waals surface area contributed by atoms with Crippen LogP contribution in [0, 0.1) is 0 Å². The average Bonchev–Trinajstić information content (AvgIpc) is 2.31. The second-order valence-corrected chi connectivity index (χ2v) is 4.42. The third-order valence-corrected chi connectivity index (χ3v) is 2.95. The van der Waals surface area contributed by atoms with Crippen molar-refractivity contribution >= 4 is 29.1 Å². The van der Waals surface area contributed by atoms with Gasteiger partial charge in [0, 0.05) is 0 Å². The molecule has 13 heavy (non-hydrogen) atoms. The van der Waals surface area contributed by atoms with Crippen LogP contribution < -0.4 is 0 Å². The molecule has 7 heteroatoms. The number of rotatable bonds is 2. The van der Waals surface area contributed by atoms with Crippen molar-refractivity contribution in [3.8, 4) is 0 Å². The molecule has 2 nitrogen and oxygen atoms in total. The van der Waals surface area contributed by atoms with Crippen molar-refractivity contribution in [2.24, 2.45) is 0 Å². The van der Waals surface area contributed by atoms with E-state index in [9.17, 15) is 18.0 Å². The summed E-state index contributed by atoms with van der Waals surface area (Å²) in [5.74, 6) is -1.21. The zero-order chi connectivity index (χ0) is 10.1. The highest BCUT2D eigenvalue weighted by Crippen LogP contribution is 2.40. The first-order chi connectivity index (χ1) is 5.88. The van der Waals surface area contributed by atoms with Crippen LogP contribution in [0.3, 0.4) is 0 Å². The van der Waals surface area contributed by atoms with Gasteiger partial charge < -0.3 is 5.11 Å². The molecule has 0 saturated heterocycles. The van der Waals surface area contributed by atoms with Crippen LogP contribution in [-0.4, -0.2) is 16.6 Å². The first-order valence-corrected chi connectivity index (χ1v) is 4.60. The largest absolute Gasteiger partial charge is 0.477 e. The smallest absolute Gasteiger partial charge is 0.447 e. The molecule has 1 N–H and O–H groups in total. The first-order valence-electron chi connectivity index (χ1n) is 2.97. The monoisotopic (exact) mass is 228 g/mol. The van der Waals surface area contributed by atoms with Crippen molar-refractivity contribution in [3.63, 3.8) is 0 Å². The fourth-order valence-corrected chi connectivity index (χ4v) is 2.26. The lowest BCUT2D eigenvalue weighted by Gasteiger charge is -2.00. The van der Waals surface area contributed by atoms with E-state index in [0.29, 0.717) is 11.3 Å². The van der Waals surface area contributed by atoms with Crippen molar-refractivity contribution in [2.75, 3.05) is 0 Å². The molecule has 0 atom stereocenters. The van der Waals surface area contributed by atoms with Gasteiger partial charge in [-0.2, -0.15) is 13.2 Å². The minimum atomic E-state index is -4.36. The Bertz CT molecular complexity index is 318. The lowest BCUT2D eigenvalue weighted by Crippen LogP contribution is -1.97. The van der Waals surface area contributed by atoms with E-state index >= 15 is 0 Å². The van der Waals surface area contributed by atoms with Crippen molar-refractivity contribution in [1.29, 1.82) is 0 Å². The van der Waals surface area contributed by atoms with E-state index in [4.69, 9.17) is 5.11 Å². The Morgan fingerprint density at radius 1 is 1.46 bits per heavy atom. The SMILES string of the molecule is O=C(O)c1ccc(SC(F)(F)F)s1. The van der Waals surface area contributed by atoms with Gasteiger partial charge in [-0.3, -0.25) is 0 Å². The molecule has 0 fully saturated rings. The van der Waals surface area contributed by atoms with E-state index < -0.39 is 11.5 Å². The molecule has 0 saturated carbocycles. The summed E-state index contributed by atoms with van der Waals surface area (Å²) in [6.07, 6.45) is 0. The zero-order valence-corrected chi connectivity index (χ0v) is 7.59. The predicted octanol–water partition coefficient (Wildman–Crippen LogP) is 3.06. The maximum Gasteiger partial charge on any atom is 0.447 e. The second-order valence-electron chi connectivity index (χ2n) is 1.97. The summed E-state index contributed by atoms with van der Waals surface area (Å²) in [5, 5.41) is 8.42. The molecule has 0 radical (unpaired) electrons. The van der Waals surface area contributed by atoms with Crippen molar-refractivity contribution in [2.45, 2.75) is 9.72 Å². The highest BCUT2D eigenvalue weighted by atomic mass is 32.2. The maximum atomic E-state index is 11.8. The Balaban J connectivity index is 2.75. The molecule has 0 spiro atoms. The van der Waals surface area contributed by atoms with Gasteiger partial charge in [0.1, 0.15) is 4.88 Å². The van der Waals surface area contributed by atoms with Gasteiger partial charge in [0.05, 0.1) is 4.21 Å². The molecular weight excluding hydrogens is 225 g/mol. The fourth-order valence-electron chi connectivity index (χ4n) is 0.604. The van der Waals surface area contributed by atoms with Crippen LogP contribution in [0.25, 0.3) is 0 Å². The molecule has 1 aromatic heterocycles. The molecule has 0 aliphatic carbocycles. The maximum absolute atomic E-state index is 11.8. The standard InChI is InChI=1S/C6H3F3O2S2/c7-6(8,9)13-4-2-1-3(12-4)5(10)11/h1-2H,(H,10,11). The summed E-state index contributed by atoms with van der Waals surface area (Å²) in [4.78, 5) is 10.2. The molecule has 1 heterocycles. The third kappa shape index (κ3) is 3.27. The van der Waals surface area contributed by atoms with Gasteiger partial charge in [-0.05, 0) is 23.9 Å². The quantitative estimate of drug-likeness (QED) is 0.790. The highest BCUT2D eigenvalue weighted by molar-refractivity contribution is 8.02. The minimum absolute atomic E-state index is 0.0649. The van der Waals surface area contributed by atoms with Crippen molar-refractivity contribution < 1.29 is 23.1 Å². The number of aromatic carboxylic acids is 1. The van der Waals surface area contributed by atoms with E-state index in [1.165, 1.54) is 0 Å². The molecule has 0 bridgehead atoms. The average molecular weight is 228 g/mol.